The van der Waals surface area contributed by atoms with Gasteiger partial charge in [-0.05, 0) is 24.6 Å². The highest BCUT2D eigenvalue weighted by Gasteiger charge is 2.44. The number of amides is 1. The third kappa shape index (κ3) is 9.70. The van der Waals surface area contributed by atoms with Gasteiger partial charge >= 0.3 is 35.1 Å². The standard InChI is InChI=1S/C20H27N4O15P3/c1-11(21)13-5-3-4-6-14(13)19(26)37-15-9-18(24-8-7-17(22-12(2)25)23-20(24)27)36-16(15)10-35-41(31,32)39-42(33,34)38-40(28,29)30/h3-8,11,15-16,18H,9-10,21H2,1-2H3,(H,31,32)(H,33,34)(H2,28,29,30)(H,22,23,25,27)/t11?,15-,16?,18-/m1/s1. The van der Waals surface area contributed by atoms with Crippen LogP contribution < -0.4 is 16.7 Å². The quantitative estimate of drug-likeness (QED) is 0.138. The Hall–Kier alpha value is -2.63. The van der Waals surface area contributed by atoms with E-state index >= 15 is 0 Å². The van der Waals surface area contributed by atoms with Gasteiger partial charge in [-0.15, -0.1) is 0 Å². The molecule has 0 spiro atoms. The predicted octanol–water partition coefficient (Wildman–Crippen LogP) is 1.08. The topological polar surface area (TPSA) is 285 Å². The molecule has 0 radical (unpaired) electrons. The molecule has 7 N–H and O–H groups in total. The molecule has 0 saturated carbocycles. The van der Waals surface area contributed by atoms with Crippen molar-refractivity contribution in [2.24, 2.45) is 5.73 Å². The highest BCUT2D eigenvalue weighted by Crippen LogP contribution is 2.66. The second-order valence-corrected chi connectivity index (χ2v) is 13.2. The number of nitrogens with zero attached hydrogens (tertiary/aromatic N) is 2. The molecule has 1 aliphatic rings. The zero-order valence-electron chi connectivity index (χ0n) is 21.8. The molecule has 2 heterocycles. The number of nitrogens with two attached hydrogens (primary N) is 1. The van der Waals surface area contributed by atoms with Crippen molar-refractivity contribution in [3.05, 3.63) is 58.1 Å². The van der Waals surface area contributed by atoms with Crippen molar-refractivity contribution in [3.63, 3.8) is 0 Å². The zero-order valence-corrected chi connectivity index (χ0v) is 24.5. The first-order valence-corrected chi connectivity index (χ1v) is 16.2. The van der Waals surface area contributed by atoms with E-state index < -0.39 is 72.1 Å². The largest absolute Gasteiger partial charge is 0.490 e. The summed E-state index contributed by atoms with van der Waals surface area (Å²) < 4.78 is 59.0. The number of rotatable bonds is 12. The summed E-state index contributed by atoms with van der Waals surface area (Å²) in [6.07, 6.45) is -2.86. The van der Waals surface area contributed by atoms with Crippen LogP contribution in [0.2, 0.25) is 0 Å². The van der Waals surface area contributed by atoms with Gasteiger partial charge in [-0.25, -0.2) is 23.3 Å². The monoisotopic (exact) mass is 656 g/mol. The Kier molecular flexibility index (Phi) is 10.8. The molecule has 6 atom stereocenters. The fraction of sp³-hybridized carbons (Fsp3) is 0.400. The Morgan fingerprint density at radius 1 is 1.14 bits per heavy atom. The van der Waals surface area contributed by atoms with Crippen LogP contribution in [0.4, 0.5) is 5.82 Å². The van der Waals surface area contributed by atoms with E-state index in [4.69, 9.17) is 25.0 Å². The second-order valence-electron chi connectivity index (χ2n) is 8.76. The summed E-state index contributed by atoms with van der Waals surface area (Å²) in [6, 6.07) is 6.99. The van der Waals surface area contributed by atoms with Gasteiger partial charge in [0, 0.05) is 25.6 Å². The van der Waals surface area contributed by atoms with Crippen LogP contribution in [0.1, 0.15) is 48.5 Å². The molecule has 1 fully saturated rings. The van der Waals surface area contributed by atoms with Crippen molar-refractivity contribution < 1.29 is 65.5 Å². The van der Waals surface area contributed by atoms with E-state index in [1.54, 1.807) is 25.1 Å². The lowest BCUT2D eigenvalue weighted by Gasteiger charge is -2.21. The number of anilines is 1. The highest BCUT2D eigenvalue weighted by atomic mass is 31.3. The predicted molar refractivity (Wildman–Crippen MR) is 139 cm³/mol. The number of ether oxygens (including phenoxy) is 2. The number of carbonyl (C=O) groups is 2. The molecule has 22 heteroatoms. The number of aromatic nitrogens is 2. The minimum Gasteiger partial charge on any atom is -0.456 e. The molecule has 19 nitrogen and oxygen atoms in total. The van der Waals surface area contributed by atoms with Crippen LogP contribution in [0.3, 0.4) is 0 Å². The average Bonchev–Trinajstić information content (AvgIpc) is 3.22. The summed E-state index contributed by atoms with van der Waals surface area (Å²) in [7, 11) is -17.0. The SMILES string of the molecule is CC(=O)Nc1ccn([C@H]2C[C@@H](OC(=O)c3ccccc3C(C)N)C(COP(=O)(O)OP(=O)(O)OP(=O)(O)O)O2)c(=O)n1. The van der Waals surface area contributed by atoms with Gasteiger partial charge in [-0.3, -0.25) is 13.9 Å². The Morgan fingerprint density at radius 3 is 2.40 bits per heavy atom. The summed E-state index contributed by atoms with van der Waals surface area (Å²) in [5.74, 6) is -1.41. The zero-order chi connectivity index (χ0) is 31.5. The van der Waals surface area contributed by atoms with E-state index in [1.807, 2.05) is 0 Å². The van der Waals surface area contributed by atoms with Crippen LogP contribution in [-0.2, 0) is 41.1 Å². The molecule has 1 aromatic carbocycles. The lowest BCUT2D eigenvalue weighted by Crippen LogP contribution is -2.31. The maximum Gasteiger partial charge on any atom is 0.490 e. The van der Waals surface area contributed by atoms with E-state index in [0.717, 1.165) is 4.57 Å². The summed E-state index contributed by atoms with van der Waals surface area (Å²) in [6.45, 7) is 1.88. The molecule has 1 saturated heterocycles. The van der Waals surface area contributed by atoms with Gasteiger partial charge in [-0.1, -0.05) is 18.2 Å². The van der Waals surface area contributed by atoms with Crippen LogP contribution in [0, 0.1) is 0 Å². The summed E-state index contributed by atoms with van der Waals surface area (Å²) in [5.41, 5.74) is 5.59. The normalized spacial score (nSPS) is 22.5. The van der Waals surface area contributed by atoms with Crippen molar-refractivity contribution in [2.45, 2.75) is 44.7 Å². The lowest BCUT2D eigenvalue weighted by atomic mass is 10.0. The lowest BCUT2D eigenvalue weighted by molar-refractivity contribution is -0.114. The van der Waals surface area contributed by atoms with Crippen molar-refractivity contribution >= 4 is 41.2 Å². The number of benzene rings is 1. The van der Waals surface area contributed by atoms with Gasteiger partial charge in [-0.2, -0.15) is 13.6 Å². The maximum absolute atomic E-state index is 13.1. The average molecular weight is 656 g/mol. The summed E-state index contributed by atoms with van der Waals surface area (Å²) in [5, 5.41) is 2.33. The van der Waals surface area contributed by atoms with E-state index in [1.165, 1.54) is 25.3 Å². The van der Waals surface area contributed by atoms with Crippen LogP contribution >= 0.6 is 23.5 Å². The molecule has 1 amide bonds. The fourth-order valence-corrected chi connectivity index (χ4v) is 6.81. The Morgan fingerprint density at radius 2 is 1.81 bits per heavy atom. The van der Waals surface area contributed by atoms with Gasteiger partial charge < -0.3 is 40.1 Å². The molecule has 0 bridgehead atoms. The molecule has 1 aromatic heterocycles. The van der Waals surface area contributed by atoms with Gasteiger partial charge in [0.25, 0.3) is 0 Å². The first-order valence-electron chi connectivity index (χ1n) is 11.7. The molecule has 0 aliphatic carbocycles. The van der Waals surface area contributed by atoms with Crippen LogP contribution in [0.15, 0.2) is 41.3 Å². The number of phosphoric acid groups is 3. The first-order chi connectivity index (χ1) is 19.4. The number of hydrogen-bond donors (Lipinski definition) is 6. The highest BCUT2D eigenvalue weighted by molar-refractivity contribution is 7.66. The minimum absolute atomic E-state index is 0.0542. The van der Waals surface area contributed by atoms with Crippen LogP contribution in [0.25, 0.3) is 0 Å². The van der Waals surface area contributed by atoms with Crippen molar-refractivity contribution in [1.29, 1.82) is 0 Å². The molecule has 2 aromatic rings. The Balaban J connectivity index is 1.84. The number of hydrogen-bond acceptors (Lipinski definition) is 13. The van der Waals surface area contributed by atoms with Crippen LogP contribution in [0.5, 0.6) is 0 Å². The van der Waals surface area contributed by atoms with Crippen LogP contribution in [-0.4, -0.2) is 59.8 Å². The molecule has 3 rings (SSSR count). The second kappa shape index (κ2) is 13.3. The van der Waals surface area contributed by atoms with Crippen molar-refractivity contribution in [2.75, 3.05) is 11.9 Å². The Labute approximate surface area is 237 Å². The maximum atomic E-state index is 13.1. The third-order valence-electron chi connectivity index (χ3n) is 5.37. The van der Waals surface area contributed by atoms with Crippen molar-refractivity contribution in [1.82, 2.24) is 9.55 Å². The number of esters is 1. The van der Waals surface area contributed by atoms with E-state index in [2.05, 4.69) is 23.4 Å². The Bertz CT molecular complexity index is 1530. The third-order valence-corrected chi connectivity index (χ3v) is 9.17. The molecule has 1 aliphatic heterocycles. The van der Waals surface area contributed by atoms with Gasteiger partial charge in [0.15, 0.2) is 0 Å². The van der Waals surface area contributed by atoms with E-state index in [0.29, 0.717) is 5.56 Å². The smallest absolute Gasteiger partial charge is 0.456 e. The molecule has 4 unspecified atom stereocenters. The van der Waals surface area contributed by atoms with E-state index in [-0.39, 0.29) is 17.8 Å². The van der Waals surface area contributed by atoms with Crippen molar-refractivity contribution in [3.8, 4) is 0 Å². The van der Waals surface area contributed by atoms with Gasteiger partial charge in [0.1, 0.15) is 24.3 Å². The first kappa shape index (κ1) is 33.9. The minimum atomic E-state index is -5.79. The molecule has 232 valence electrons. The molecule has 42 heavy (non-hydrogen) atoms. The summed E-state index contributed by atoms with van der Waals surface area (Å²) in [4.78, 5) is 77.2. The van der Waals surface area contributed by atoms with Gasteiger partial charge in [0.2, 0.25) is 5.91 Å². The number of phosphoric ester groups is 1. The fourth-order valence-electron chi connectivity index (χ4n) is 3.78. The molecular weight excluding hydrogens is 629 g/mol. The summed E-state index contributed by atoms with van der Waals surface area (Å²) >= 11 is 0. The number of carbonyl (C=O) groups excluding carboxylic acids is 2. The van der Waals surface area contributed by atoms with E-state index in [9.17, 15) is 37.9 Å². The van der Waals surface area contributed by atoms with Gasteiger partial charge in [0.05, 0.1) is 12.2 Å². The number of nitrogens with one attached hydrogen (secondary N) is 1. The molecular formula is C20H27N4O15P3.